The smallest absolute Gasteiger partial charge is 0.295 e. The Bertz CT molecular complexity index is 1090. The van der Waals surface area contributed by atoms with Gasteiger partial charge in [-0.25, -0.2) is 13.8 Å². The number of hydrogen-bond donors (Lipinski definition) is 2. The lowest BCUT2D eigenvalue weighted by Crippen LogP contribution is -2.51. The minimum atomic E-state index is -2.72. The lowest BCUT2D eigenvalue weighted by molar-refractivity contribution is -0.130. The molecule has 31 heavy (non-hydrogen) atoms. The monoisotopic (exact) mass is 447 g/mol. The van der Waals surface area contributed by atoms with Crippen LogP contribution in [0, 0.1) is 0 Å². The fourth-order valence-corrected chi connectivity index (χ4v) is 3.64. The Morgan fingerprint density at radius 2 is 1.81 bits per heavy atom. The highest BCUT2D eigenvalue weighted by Crippen LogP contribution is 2.21. The summed E-state index contributed by atoms with van der Waals surface area (Å²) in [4.78, 5) is 35.0. The summed E-state index contributed by atoms with van der Waals surface area (Å²) in [6.07, 6.45) is -2.72. The van der Waals surface area contributed by atoms with Crippen LogP contribution in [-0.4, -0.2) is 59.4 Å². The average molecular weight is 448 g/mol. The van der Waals surface area contributed by atoms with Crippen molar-refractivity contribution in [3.63, 3.8) is 0 Å². The van der Waals surface area contributed by atoms with Gasteiger partial charge in [-0.15, -0.1) is 0 Å². The van der Waals surface area contributed by atoms with Gasteiger partial charge >= 0.3 is 0 Å². The van der Waals surface area contributed by atoms with Crippen molar-refractivity contribution in [3.8, 4) is 0 Å². The molecule has 1 fully saturated rings. The van der Waals surface area contributed by atoms with E-state index in [0.29, 0.717) is 42.2 Å². The maximum Gasteiger partial charge on any atom is 0.295 e. The summed E-state index contributed by atoms with van der Waals surface area (Å²) >= 11 is 5.92. The second kappa shape index (κ2) is 8.89. The minimum absolute atomic E-state index is 0.136. The molecule has 1 aliphatic rings. The van der Waals surface area contributed by atoms with E-state index >= 15 is 0 Å². The number of alkyl halides is 2. The number of benzene rings is 2. The number of carbonyl (C=O) groups excluding carboxylic acids is 2. The zero-order valence-corrected chi connectivity index (χ0v) is 17.2. The predicted molar refractivity (Wildman–Crippen MR) is 114 cm³/mol. The SMILES string of the molecule is O=C(NCC(=O)N1CCN(c2ccc(Cl)cc2)CC1)c1ccc2nc(C(F)F)[nH]c2c1. The van der Waals surface area contributed by atoms with Gasteiger partial charge in [0.15, 0.2) is 5.82 Å². The lowest BCUT2D eigenvalue weighted by atomic mass is 10.2. The van der Waals surface area contributed by atoms with Gasteiger partial charge in [0.2, 0.25) is 5.91 Å². The van der Waals surface area contributed by atoms with Crippen LogP contribution in [0.1, 0.15) is 22.6 Å². The molecule has 2 aromatic carbocycles. The second-order valence-electron chi connectivity index (χ2n) is 7.18. The maximum absolute atomic E-state index is 12.8. The van der Waals surface area contributed by atoms with Crippen molar-refractivity contribution in [3.05, 3.63) is 58.9 Å². The molecule has 0 spiro atoms. The summed E-state index contributed by atoms with van der Waals surface area (Å²) in [6, 6.07) is 12.0. The Kier molecular flexibility index (Phi) is 6.03. The second-order valence-corrected chi connectivity index (χ2v) is 7.62. The standard InChI is InChI=1S/C21H20ClF2N5O2/c22-14-2-4-15(5-3-14)28-7-9-29(10-8-28)18(30)12-25-21(31)13-1-6-16-17(11-13)27-20(26-16)19(23)24/h1-6,11,19H,7-10,12H2,(H,25,31)(H,26,27). The number of nitrogens with zero attached hydrogens (tertiary/aromatic N) is 3. The third kappa shape index (κ3) is 4.77. The number of rotatable bonds is 5. The first-order valence-electron chi connectivity index (χ1n) is 9.75. The summed E-state index contributed by atoms with van der Waals surface area (Å²) in [7, 11) is 0. The normalized spacial score (nSPS) is 14.3. The Morgan fingerprint density at radius 1 is 1.10 bits per heavy atom. The highest BCUT2D eigenvalue weighted by atomic mass is 35.5. The molecule has 2 amide bonds. The number of piperazine rings is 1. The molecule has 1 saturated heterocycles. The number of aromatic amines is 1. The minimum Gasteiger partial charge on any atom is -0.368 e. The lowest BCUT2D eigenvalue weighted by Gasteiger charge is -2.36. The molecule has 10 heteroatoms. The van der Waals surface area contributed by atoms with Crippen LogP contribution in [0.15, 0.2) is 42.5 Å². The van der Waals surface area contributed by atoms with Crippen LogP contribution in [-0.2, 0) is 4.79 Å². The van der Waals surface area contributed by atoms with E-state index in [4.69, 9.17) is 11.6 Å². The quantitative estimate of drug-likeness (QED) is 0.629. The van der Waals surface area contributed by atoms with E-state index in [1.165, 1.54) is 18.2 Å². The molecule has 2 N–H and O–H groups in total. The summed E-state index contributed by atoms with van der Waals surface area (Å²) in [5, 5.41) is 3.27. The molecular weight excluding hydrogens is 428 g/mol. The van der Waals surface area contributed by atoms with Crippen LogP contribution >= 0.6 is 11.6 Å². The van der Waals surface area contributed by atoms with Gasteiger partial charge in [-0.1, -0.05) is 11.6 Å². The van der Waals surface area contributed by atoms with Crippen LogP contribution < -0.4 is 10.2 Å². The van der Waals surface area contributed by atoms with Crippen LogP contribution in [0.4, 0.5) is 14.5 Å². The molecular formula is C21H20ClF2N5O2. The van der Waals surface area contributed by atoms with Gasteiger partial charge in [0.1, 0.15) is 0 Å². The first kappa shape index (κ1) is 21.0. The molecule has 0 unspecified atom stereocenters. The van der Waals surface area contributed by atoms with Crippen LogP contribution in [0.3, 0.4) is 0 Å². The average Bonchev–Trinajstić information content (AvgIpc) is 3.22. The molecule has 7 nitrogen and oxygen atoms in total. The number of hydrogen-bond acceptors (Lipinski definition) is 4. The Morgan fingerprint density at radius 3 is 2.48 bits per heavy atom. The summed E-state index contributed by atoms with van der Waals surface area (Å²) < 4.78 is 25.5. The molecule has 0 bridgehead atoms. The maximum atomic E-state index is 12.8. The fraction of sp³-hybridized carbons (Fsp3) is 0.286. The largest absolute Gasteiger partial charge is 0.368 e. The van der Waals surface area contributed by atoms with E-state index in [0.717, 1.165) is 5.69 Å². The molecule has 0 aliphatic carbocycles. The molecule has 1 aromatic heterocycles. The van der Waals surface area contributed by atoms with Gasteiger partial charge in [0.05, 0.1) is 17.6 Å². The molecule has 4 rings (SSSR count). The van der Waals surface area contributed by atoms with Crippen molar-refractivity contribution in [1.82, 2.24) is 20.2 Å². The molecule has 0 saturated carbocycles. The van der Waals surface area contributed by atoms with E-state index in [1.54, 1.807) is 4.90 Å². The van der Waals surface area contributed by atoms with E-state index < -0.39 is 18.2 Å². The van der Waals surface area contributed by atoms with Gasteiger partial charge in [0, 0.05) is 42.5 Å². The zero-order valence-electron chi connectivity index (χ0n) is 16.4. The van der Waals surface area contributed by atoms with Crippen molar-refractivity contribution in [2.45, 2.75) is 6.43 Å². The van der Waals surface area contributed by atoms with Crippen molar-refractivity contribution in [2.75, 3.05) is 37.6 Å². The third-order valence-corrected chi connectivity index (χ3v) is 5.45. The van der Waals surface area contributed by atoms with Crippen LogP contribution in [0.2, 0.25) is 5.02 Å². The van der Waals surface area contributed by atoms with Crippen LogP contribution in [0.25, 0.3) is 11.0 Å². The Labute approximate surface area is 182 Å². The predicted octanol–water partition coefficient (Wildman–Crippen LogP) is 3.23. The third-order valence-electron chi connectivity index (χ3n) is 5.19. The number of fused-ring (bicyclic) bond motifs is 1. The van der Waals surface area contributed by atoms with Gasteiger partial charge in [0.25, 0.3) is 12.3 Å². The number of amides is 2. The molecule has 162 valence electrons. The Hall–Kier alpha value is -3.20. The molecule has 3 aromatic rings. The van der Waals surface area contributed by atoms with Crippen molar-refractivity contribution in [1.29, 1.82) is 0 Å². The Balaban J connectivity index is 1.30. The van der Waals surface area contributed by atoms with Gasteiger partial charge < -0.3 is 20.1 Å². The number of anilines is 1. The van der Waals surface area contributed by atoms with Crippen LogP contribution in [0.5, 0.6) is 0 Å². The number of imidazole rings is 1. The first-order chi connectivity index (χ1) is 14.9. The van der Waals surface area contributed by atoms with E-state index in [-0.39, 0.29) is 18.0 Å². The van der Waals surface area contributed by atoms with E-state index in [9.17, 15) is 18.4 Å². The number of halogens is 3. The van der Waals surface area contributed by atoms with Gasteiger partial charge in [-0.3, -0.25) is 9.59 Å². The zero-order chi connectivity index (χ0) is 22.0. The summed E-state index contributed by atoms with van der Waals surface area (Å²) in [6.45, 7) is 2.33. The molecule has 1 aliphatic heterocycles. The molecule has 0 atom stereocenters. The van der Waals surface area contributed by atoms with Crippen molar-refractivity contribution < 1.29 is 18.4 Å². The fourth-order valence-electron chi connectivity index (χ4n) is 3.51. The summed E-state index contributed by atoms with van der Waals surface area (Å²) in [5.41, 5.74) is 2.00. The topological polar surface area (TPSA) is 81.3 Å². The molecule has 2 heterocycles. The van der Waals surface area contributed by atoms with Gasteiger partial charge in [-0.2, -0.15) is 0 Å². The number of carbonyl (C=O) groups is 2. The van der Waals surface area contributed by atoms with E-state index in [2.05, 4.69) is 20.2 Å². The highest BCUT2D eigenvalue weighted by molar-refractivity contribution is 6.30. The first-order valence-corrected chi connectivity index (χ1v) is 10.1. The number of H-pyrrole nitrogens is 1. The number of nitrogens with one attached hydrogen (secondary N) is 2. The summed E-state index contributed by atoms with van der Waals surface area (Å²) in [5.74, 6) is -1.07. The highest BCUT2D eigenvalue weighted by Gasteiger charge is 2.22. The molecule has 0 radical (unpaired) electrons. The number of aromatic nitrogens is 2. The van der Waals surface area contributed by atoms with E-state index in [1.807, 2.05) is 24.3 Å². The van der Waals surface area contributed by atoms with Crippen molar-refractivity contribution in [2.24, 2.45) is 0 Å². The van der Waals surface area contributed by atoms with Crippen molar-refractivity contribution >= 4 is 40.1 Å². The van der Waals surface area contributed by atoms with Gasteiger partial charge in [-0.05, 0) is 42.5 Å².